The van der Waals surface area contributed by atoms with Crippen molar-refractivity contribution < 1.29 is 5.11 Å². The highest BCUT2D eigenvalue weighted by molar-refractivity contribution is 6.31. The third-order valence-electron chi connectivity index (χ3n) is 2.94. The molecule has 2 heteroatoms. The molecule has 0 bridgehead atoms. The van der Waals surface area contributed by atoms with E-state index in [0.29, 0.717) is 0 Å². The monoisotopic (exact) mass is 270 g/mol. The minimum atomic E-state index is -1.16. The lowest BCUT2D eigenvalue weighted by molar-refractivity contribution is 0.122. The maximum atomic E-state index is 10.4. The fourth-order valence-electron chi connectivity index (χ4n) is 1.75. The molecule has 19 heavy (non-hydrogen) atoms. The average molecular weight is 271 g/mol. The van der Waals surface area contributed by atoms with Crippen LogP contribution in [0.25, 0.3) is 0 Å². The van der Waals surface area contributed by atoms with E-state index in [1.165, 1.54) is 0 Å². The van der Waals surface area contributed by atoms with E-state index >= 15 is 0 Å². The predicted octanol–water partition coefficient (Wildman–Crippen LogP) is 3.91. The van der Waals surface area contributed by atoms with Crippen LogP contribution >= 0.6 is 11.6 Å². The molecule has 1 unspecified atom stereocenters. The molecule has 0 aliphatic carbocycles. The summed E-state index contributed by atoms with van der Waals surface area (Å²) in [5.41, 5.74) is 1.45. The molecule has 0 aromatic heterocycles. The minimum absolute atomic E-state index is 0.723. The molecule has 0 heterocycles. The van der Waals surface area contributed by atoms with Crippen LogP contribution in [0.2, 0.25) is 5.02 Å². The molecule has 0 saturated heterocycles. The van der Waals surface area contributed by atoms with Crippen molar-refractivity contribution in [2.45, 2.75) is 19.4 Å². The Morgan fingerprint density at radius 1 is 1.11 bits per heavy atom. The second kappa shape index (κ2) is 5.48. The van der Waals surface area contributed by atoms with Crippen LogP contribution in [-0.2, 0) is 5.60 Å². The topological polar surface area (TPSA) is 20.2 Å². The van der Waals surface area contributed by atoms with Crippen LogP contribution in [0.3, 0.4) is 0 Å². The number of hydrogen-bond acceptors (Lipinski definition) is 1. The van der Waals surface area contributed by atoms with Gasteiger partial charge in [-0.05, 0) is 43.2 Å². The molecule has 1 atom stereocenters. The van der Waals surface area contributed by atoms with Crippen LogP contribution in [0.1, 0.15) is 23.6 Å². The largest absolute Gasteiger partial charge is 0.374 e. The molecule has 1 nitrogen and oxygen atoms in total. The van der Waals surface area contributed by atoms with Crippen molar-refractivity contribution in [2.75, 3.05) is 0 Å². The van der Waals surface area contributed by atoms with Gasteiger partial charge in [-0.3, -0.25) is 0 Å². The molecular formula is C17H15ClO. The van der Waals surface area contributed by atoms with Gasteiger partial charge in [-0.25, -0.2) is 0 Å². The number of aryl methyl sites for hydroxylation is 1. The second-order valence-corrected chi connectivity index (χ2v) is 5.06. The fraction of sp³-hybridized carbons (Fsp3) is 0.176. The first kappa shape index (κ1) is 13.7. The number of rotatable bonds is 1. The summed E-state index contributed by atoms with van der Waals surface area (Å²) >= 11 is 5.97. The van der Waals surface area contributed by atoms with E-state index in [4.69, 9.17) is 11.6 Å². The van der Waals surface area contributed by atoms with E-state index in [-0.39, 0.29) is 0 Å². The highest BCUT2D eigenvalue weighted by Crippen LogP contribution is 2.20. The molecule has 1 N–H and O–H groups in total. The third kappa shape index (κ3) is 3.38. The van der Waals surface area contributed by atoms with Crippen molar-refractivity contribution in [3.8, 4) is 11.8 Å². The van der Waals surface area contributed by atoms with Crippen molar-refractivity contribution in [3.63, 3.8) is 0 Å². The smallest absolute Gasteiger partial charge is 0.148 e. The zero-order valence-electron chi connectivity index (χ0n) is 10.9. The highest BCUT2D eigenvalue weighted by atomic mass is 35.5. The van der Waals surface area contributed by atoms with Gasteiger partial charge in [0, 0.05) is 10.6 Å². The van der Waals surface area contributed by atoms with Gasteiger partial charge in [0.1, 0.15) is 5.60 Å². The molecule has 0 saturated carbocycles. The first-order valence-electron chi connectivity index (χ1n) is 6.06. The Morgan fingerprint density at radius 3 is 2.42 bits per heavy atom. The molecule has 0 aliphatic rings. The van der Waals surface area contributed by atoms with E-state index < -0.39 is 5.60 Å². The lowest BCUT2D eigenvalue weighted by Gasteiger charge is -2.16. The van der Waals surface area contributed by atoms with Crippen LogP contribution in [0, 0.1) is 18.8 Å². The predicted molar refractivity (Wildman–Crippen MR) is 79.1 cm³/mol. The SMILES string of the molecule is Cc1cc(C#CC(C)(O)c2ccccc2)ccc1Cl. The number of benzene rings is 2. The molecule has 0 amide bonds. The Balaban J connectivity index is 2.30. The molecule has 0 radical (unpaired) electrons. The van der Waals surface area contributed by atoms with Gasteiger partial charge in [-0.15, -0.1) is 0 Å². The zero-order valence-corrected chi connectivity index (χ0v) is 11.7. The van der Waals surface area contributed by atoms with Crippen LogP contribution in [0.4, 0.5) is 0 Å². The number of aliphatic hydroxyl groups is 1. The molecule has 2 aromatic carbocycles. The van der Waals surface area contributed by atoms with Crippen LogP contribution < -0.4 is 0 Å². The lowest BCUT2D eigenvalue weighted by Crippen LogP contribution is -2.18. The van der Waals surface area contributed by atoms with Crippen molar-refractivity contribution in [3.05, 3.63) is 70.2 Å². The summed E-state index contributed by atoms with van der Waals surface area (Å²) in [6.07, 6.45) is 0. The van der Waals surface area contributed by atoms with Gasteiger partial charge in [0.25, 0.3) is 0 Å². The maximum absolute atomic E-state index is 10.4. The minimum Gasteiger partial charge on any atom is -0.374 e. The molecule has 0 aliphatic heterocycles. The Hall–Kier alpha value is -1.75. The quantitative estimate of drug-likeness (QED) is 0.779. The molecule has 0 spiro atoms. The van der Waals surface area contributed by atoms with Crippen LogP contribution in [0.5, 0.6) is 0 Å². The van der Waals surface area contributed by atoms with Gasteiger partial charge in [-0.1, -0.05) is 53.8 Å². The first-order valence-corrected chi connectivity index (χ1v) is 6.44. The highest BCUT2D eigenvalue weighted by Gasteiger charge is 2.18. The average Bonchev–Trinajstić information content (AvgIpc) is 2.41. The molecule has 0 fully saturated rings. The third-order valence-corrected chi connectivity index (χ3v) is 3.37. The normalized spacial score (nSPS) is 13.3. The zero-order chi connectivity index (χ0) is 13.9. The van der Waals surface area contributed by atoms with Crippen LogP contribution in [0.15, 0.2) is 48.5 Å². The summed E-state index contributed by atoms with van der Waals surface area (Å²) in [5, 5.41) is 11.1. The van der Waals surface area contributed by atoms with Crippen molar-refractivity contribution in [1.82, 2.24) is 0 Å². The van der Waals surface area contributed by atoms with E-state index in [1.807, 2.05) is 55.5 Å². The maximum Gasteiger partial charge on any atom is 0.148 e. The van der Waals surface area contributed by atoms with Gasteiger partial charge in [0.2, 0.25) is 0 Å². The Labute approximate surface area is 118 Å². The molecule has 2 aromatic rings. The van der Waals surface area contributed by atoms with E-state index in [2.05, 4.69) is 11.8 Å². The molecular weight excluding hydrogens is 256 g/mol. The molecule has 2 rings (SSSR count). The van der Waals surface area contributed by atoms with Gasteiger partial charge in [0.15, 0.2) is 0 Å². The summed E-state index contributed by atoms with van der Waals surface area (Å²) in [5.74, 6) is 5.89. The summed E-state index contributed by atoms with van der Waals surface area (Å²) in [7, 11) is 0. The second-order valence-electron chi connectivity index (χ2n) is 4.65. The number of hydrogen-bond donors (Lipinski definition) is 1. The summed E-state index contributed by atoms with van der Waals surface area (Å²) in [4.78, 5) is 0. The van der Waals surface area contributed by atoms with Gasteiger partial charge < -0.3 is 5.11 Å². The van der Waals surface area contributed by atoms with Gasteiger partial charge in [0.05, 0.1) is 0 Å². The summed E-state index contributed by atoms with van der Waals surface area (Å²) in [6, 6.07) is 15.0. The van der Waals surface area contributed by atoms with E-state index in [1.54, 1.807) is 6.92 Å². The lowest BCUT2D eigenvalue weighted by atomic mass is 9.96. The Kier molecular flexibility index (Phi) is 3.95. The summed E-state index contributed by atoms with van der Waals surface area (Å²) < 4.78 is 0. The Morgan fingerprint density at radius 2 is 1.79 bits per heavy atom. The summed E-state index contributed by atoms with van der Waals surface area (Å²) in [6.45, 7) is 3.63. The van der Waals surface area contributed by atoms with Crippen molar-refractivity contribution in [1.29, 1.82) is 0 Å². The van der Waals surface area contributed by atoms with Gasteiger partial charge >= 0.3 is 0 Å². The van der Waals surface area contributed by atoms with Gasteiger partial charge in [-0.2, -0.15) is 0 Å². The van der Waals surface area contributed by atoms with E-state index in [9.17, 15) is 5.11 Å². The van der Waals surface area contributed by atoms with Crippen molar-refractivity contribution in [2.24, 2.45) is 0 Å². The fourth-order valence-corrected chi connectivity index (χ4v) is 1.87. The standard InChI is InChI=1S/C17H15ClO/c1-13-12-14(8-9-16(13)18)10-11-17(2,19)15-6-4-3-5-7-15/h3-9,12,19H,1-2H3. The Bertz CT molecular complexity index is 633. The van der Waals surface area contributed by atoms with E-state index in [0.717, 1.165) is 21.7 Å². The number of halogens is 1. The molecule has 96 valence electrons. The van der Waals surface area contributed by atoms with Crippen molar-refractivity contribution >= 4 is 11.6 Å². The van der Waals surface area contributed by atoms with Crippen LogP contribution in [-0.4, -0.2) is 5.11 Å². The first-order chi connectivity index (χ1) is 8.99.